The molecule has 0 radical (unpaired) electrons. The van der Waals surface area contributed by atoms with Gasteiger partial charge >= 0.3 is 0 Å². The number of likely N-dealkylation sites (tertiary alicyclic amines) is 1. The SMILES string of the molecule is O=C(NCc1ccccc1)C1CCN(C(=O)COc2cc(Cl)c(Cl)cc2Cl)CC1. The Morgan fingerprint density at radius 3 is 2.34 bits per heavy atom. The van der Waals surface area contributed by atoms with Gasteiger partial charge in [-0.15, -0.1) is 0 Å². The number of rotatable bonds is 6. The fourth-order valence-corrected chi connectivity index (χ4v) is 3.76. The van der Waals surface area contributed by atoms with E-state index in [0.29, 0.717) is 53.3 Å². The minimum Gasteiger partial charge on any atom is -0.482 e. The van der Waals surface area contributed by atoms with E-state index >= 15 is 0 Å². The van der Waals surface area contributed by atoms with Crippen LogP contribution in [0.1, 0.15) is 18.4 Å². The smallest absolute Gasteiger partial charge is 0.260 e. The van der Waals surface area contributed by atoms with E-state index in [0.717, 1.165) is 5.56 Å². The zero-order valence-corrected chi connectivity index (χ0v) is 17.9. The van der Waals surface area contributed by atoms with Crippen LogP contribution in [-0.4, -0.2) is 36.4 Å². The second-order valence-corrected chi connectivity index (χ2v) is 8.07. The van der Waals surface area contributed by atoms with E-state index in [1.807, 2.05) is 30.3 Å². The van der Waals surface area contributed by atoms with Crippen molar-refractivity contribution in [2.45, 2.75) is 19.4 Å². The van der Waals surface area contributed by atoms with Gasteiger partial charge in [0.2, 0.25) is 5.91 Å². The first-order valence-electron chi connectivity index (χ1n) is 9.31. The van der Waals surface area contributed by atoms with Crippen molar-refractivity contribution >= 4 is 46.6 Å². The zero-order chi connectivity index (χ0) is 20.8. The largest absolute Gasteiger partial charge is 0.482 e. The molecule has 5 nitrogen and oxygen atoms in total. The number of halogens is 3. The third-order valence-corrected chi connectivity index (χ3v) is 5.87. The Hall–Kier alpha value is -1.95. The van der Waals surface area contributed by atoms with Crippen LogP contribution in [0.5, 0.6) is 5.75 Å². The molecule has 1 fully saturated rings. The van der Waals surface area contributed by atoms with Crippen LogP contribution in [0.4, 0.5) is 0 Å². The van der Waals surface area contributed by atoms with Crippen molar-refractivity contribution in [3.8, 4) is 5.75 Å². The number of nitrogens with one attached hydrogen (secondary N) is 1. The van der Waals surface area contributed by atoms with E-state index < -0.39 is 0 Å². The lowest BCUT2D eigenvalue weighted by Crippen LogP contribution is -2.44. The van der Waals surface area contributed by atoms with Crippen LogP contribution in [0.2, 0.25) is 15.1 Å². The van der Waals surface area contributed by atoms with Gasteiger partial charge < -0.3 is 15.0 Å². The summed E-state index contributed by atoms with van der Waals surface area (Å²) in [7, 11) is 0. The van der Waals surface area contributed by atoms with E-state index in [-0.39, 0.29) is 24.3 Å². The van der Waals surface area contributed by atoms with Crippen molar-refractivity contribution in [1.29, 1.82) is 0 Å². The van der Waals surface area contributed by atoms with Crippen LogP contribution >= 0.6 is 34.8 Å². The quantitative estimate of drug-likeness (QED) is 0.649. The molecule has 3 rings (SSSR count). The Bertz CT molecular complexity index is 869. The van der Waals surface area contributed by atoms with Gasteiger partial charge in [-0.3, -0.25) is 9.59 Å². The fourth-order valence-electron chi connectivity index (χ4n) is 3.17. The molecule has 0 saturated carbocycles. The molecule has 2 amide bonds. The molecule has 0 atom stereocenters. The van der Waals surface area contributed by atoms with Gasteiger partial charge in [0.25, 0.3) is 5.91 Å². The molecule has 2 aromatic rings. The van der Waals surface area contributed by atoms with Crippen molar-refractivity contribution in [2.24, 2.45) is 5.92 Å². The molecule has 0 bridgehead atoms. The number of amides is 2. The van der Waals surface area contributed by atoms with Gasteiger partial charge in [-0.25, -0.2) is 0 Å². The molecular formula is C21H21Cl3N2O3. The van der Waals surface area contributed by atoms with E-state index in [1.54, 1.807) is 4.90 Å². The molecule has 2 aromatic carbocycles. The maximum atomic E-state index is 12.4. The van der Waals surface area contributed by atoms with Crippen LogP contribution in [0.3, 0.4) is 0 Å². The predicted octanol–water partition coefficient (Wildman–Crippen LogP) is 4.58. The van der Waals surface area contributed by atoms with Crippen molar-refractivity contribution in [2.75, 3.05) is 19.7 Å². The number of carbonyl (C=O) groups is 2. The molecule has 1 heterocycles. The summed E-state index contributed by atoms with van der Waals surface area (Å²) < 4.78 is 5.50. The third-order valence-electron chi connectivity index (χ3n) is 4.85. The van der Waals surface area contributed by atoms with Gasteiger partial charge in [0.1, 0.15) is 5.75 Å². The monoisotopic (exact) mass is 454 g/mol. The minimum atomic E-state index is -0.157. The van der Waals surface area contributed by atoms with Gasteiger partial charge in [0.15, 0.2) is 6.61 Å². The summed E-state index contributed by atoms with van der Waals surface area (Å²) in [6.45, 7) is 1.39. The number of carbonyl (C=O) groups excluding carboxylic acids is 2. The second kappa shape index (κ2) is 10.2. The van der Waals surface area contributed by atoms with Crippen molar-refractivity contribution < 1.29 is 14.3 Å². The van der Waals surface area contributed by atoms with Gasteiger partial charge in [-0.1, -0.05) is 65.1 Å². The highest BCUT2D eigenvalue weighted by Gasteiger charge is 2.27. The number of hydrogen-bond acceptors (Lipinski definition) is 3. The number of ether oxygens (including phenoxy) is 1. The Morgan fingerprint density at radius 2 is 1.66 bits per heavy atom. The summed E-state index contributed by atoms with van der Waals surface area (Å²) in [4.78, 5) is 26.5. The lowest BCUT2D eigenvalue weighted by molar-refractivity contribution is -0.137. The average molecular weight is 456 g/mol. The van der Waals surface area contributed by atoms with Crippen LogP contribution in [0.25, 0.3) is 0 Å². The van der Waals surface area contributed by atoms with Gasteiger partial charge in [-0.2, -0.15) is 0 Å². The number of benzene rings is 2. The summed E-state index contributed by atoms with van der Waals surface area (Å²) >= 11 is 17.9. The molecule has 0 spiro atoms. The maximum Gasteiger partial charge on any atom is 0.260 e. The summed E-state index contributed by atoms with van der Waals surface area (Å²) in [5.74, 6) is 0.0906. The Morgan fingerprint density at radius 1 is 1.00 bits per heavy atom. The molecular weight excluding hydrogens is 435 g/mol. The lowest BCUT2D eigenvalue weighted by atomic mass is 9.96. The fraction of sp³-hybridized carbons (Fsp3) is 0.333. The molecule has 29 heavy (non-hydrogen) atoms. The lowest BCUT2D eigenvalue weighted by Gasteiger charge is -2.31. The summed E-state index contributed by atoms with van der Waals surface area (Å²) in [5.41, 5.74) is 1.06. The van der Waals surface area contributed by atoms with E-state index in [9.17, 15) is 9.59 Å². The first kappa shape index (κ1) is 21.8. The molecule has 1 aliphatic heterocycles. The summed E-state index contributed by atoms with van der Waals surface area (Å²) in [6, 6.07) is 12.7. The molecule has 0 aromatic heterocycles. The van der Waals surface area contributed by atoms with Gasteiger partial charge in [0.05, 0.1) is 15.1 Å². The number of nitrogens with zero attached hydrogens (tertiary/aromatic N) is 1. The first-order chi connectivity index (χ1) is 13.9. The van der Waals surface area contributed by atoms with Crippen molar-refractivity contribution in [1.82, 2.24) is 10.2 Å². The zero-order valence-electron chi connectivity index (χ0n) is 15.7. The number of piperidine rings is 1. The highest BCUT2D eigenvalue weighted by molar-refractivity contribution is 6.43. The van der Waals surface area contributed by atoms with Gasteiger partial charge in [0, 0.05) is 31.6 Å². The van der Waals surface area contributed by atoms with Crippen molar-refractivity contribution in [3.63, 3.8) is 0 Å². The topological polar surface area (TPSA) is 58.6 Å². The standard InChI is InChI=1S/C21H21Cl3N2O3/c22-16-10-18(24)19(11-17(16)23)29-13-20(27)26-8-6-15(7-9-26)21(28)25-12-14-4-2-1-3-5-14/h1-5,10-11,15H,6-9,12-13H2,(H,25,28). The van der Waals surface area contributed by atoms with Crippen LogP contribution in [-0.2, 0) is 16.1 Å². The predicted molar refractivity (Wildman–Crippen MR) is 115 cm³/mol. The molecule has 1 aliphatic rings. The van der Waals surface area contributed by atoms with Crippen LogP contribution in [0, 0.1) is 5.92 Å². The Labute approximate surface area is 184 Å². The van der Waals surface area contributed by atoms with E-state index in [4.69, 9.17) is 39.5 Å². The van der Waals surface area contributed by atoms with Crippen LogP contribution in [0.15, 0.2) is 42.5 Å². The normalized spacial score (nSPS) is 14.5. The summed E-state index contributed by atoms with van der Waals surface area (Å²) in [6.07, 6.45) is 1.25. The Kier molecular flexibility index (Phi) is 7.64. The molecule has 154 valence electrons. The Balaban J connectivity index is 1.43. The highest BCUT2D eigenvalue weighted by atomic mass is 35.5. The van der Waals surface area contributed by atoms with E-state index in [1.165, 1.54) is 12.1 Å². The molecule has 0 unspecified atom stereocenters. The maximum absolute atomic E-state index is 12.4. The highest BCUT2D eigenvalue weighted by Crippen LogP contribution is 2.33. The van der Waals surface area contributed by atoms with E-state index in [2.05, 4.69) is 5.32 Å². The van der Waals surface area contributed by atoms with Gasteiger partial charge in [-0.05, 0) is 24.5 Å². The molecule has 1 N–H and O–H groups in total. The second-order valence-electron chi connectivity index (χ2n) is 6.84. The summed E-state index contributed by atoms with van der Waals surface area (Å²) in [5, 5.41) is 3.89. The number of hydrogen-bond donors (Lipinski definition) is 1. The first-order valence-corrected chi connectivity index (χ1v) is 10.4. The molecule has 0 aliphatic carbocycles. The van der Waals surface area contributed by atoms with Crippen molar-refractivity contribution in [3.05, 3.63) is 63.1 Å². The third kappa shape index (κ3) is 6.01. The van der Waals surface area contributed by atoms with Crippen LogP contribution < -0.4 is 10.1 Å². The molecule has 8 heteroatoms. The minimum absolute atomic E-state index is 0.0276. The molecule has 1 saturated heterocycles. The average Bonchev–Trinajstić information content (AvgIpc) is 2.74.